The summed E-state index contributed by atoms with van der Waals surface area (Å²) >= 11 is 5.29. The molecule has 9 nitrogen and oxygen atoms in total. The van der Waals surface area contributed by atoms with Gasteiger partial charge in [-0.05, 0) is 74.6 Å². The van der Waals surface area contributed by atoms with E-state index in [-0.39, 0.29) is 16.4 Å². The number of anilines is 1. The Bertz CT molecular complexity index is 1350. The maximum absolute atomic E-state index is 13.4. The fraction of sp³-hybridized carbons (Fsp3) is 0.148. The van der Waals surface area contributed by atoms with E-state index in [0.717, 1.165) is 0 Å². The number of benzene rings is 2. The molecule has 10 heteroatoms. The summed E-state index contributed by atoms with van der Waals surface area (Å²) < 4.78 is 11.3. The van der Waals surface area contributed by atoms with Gasteiger partial charge in [0.05, 0.1) is 11.9 Å². The molecule has 0 aliphatic carbocycles. The molecule has 1 aliphatic heterocycles. The summed E-state index contributed by atoms with van der Waals surface area (Å²) in [4.78, 5) is 45.3. The van der Waals surface area contributed by atoms with Crippen LogP contribution in [0.3, 0.4) is 0 Å². The number of aromatic nitrogens is 1. The molecule has 1 aliphatic rings. The first-order valence-corrected chi connectivity index (χ1v) is 12.0. The van der Waals surface area contributed by atoms with Crippen molar-refractivity contribution in [1.29, 1.82) is 0 Å². The van der Waals surface area contributed by atoms with Crippen molar-refractivity contribution in [2.75, 3.05) is 18.0 Å². The number of amides is 3. The minimum Gasteiger partial charge on any atom is -0.457 e. The molecule has 2 heterocycles. The van der Waals surface area contributed by atoms with Crippen molar-refractivity contribution in [2.45, 2.75) is 13.8 Å². The van der Waals surface area contributed by atoms with Crippen molar-refractivity contribution in [3.63, 3.8) is 0 Å². The van der Waals surface area contributed by atoms with E-state index in [0.29, 0.717) is 35.8 Å². The average Bonchev–Trinajstić information content (AvgIpc) is 2.89. The van der Waals surface area contributed by atoms with Crippen LogP contribution in [0.1, 0.15) is 19.4 Å². The Morgan fingerprint density at radius 3 is 2.38 bits per heavy atom. The third-order valence-electron chi connectivity index (χ3n) is 5.51. The van der Waals surface area contributed by atoms with E-state index >= 15 is 0 Å². The number of para-hydroxylation sites is 1. The van der Waals surface area contributed by atoms with E-state index in [1.54, 1.807) is 30.3 Å². The zero-order valence-electron chi connectivity index (χ0n) is 20.2. The number of pyridine rings is 1. The highest BCUT2D eigenvalue weighted by molar-refractivity contribution is 7.80. The number of rotatable bonds is 7. The van der Waals surface area contributed by atoms with E-state index in [4.69, 9.17) is 21.7 Å². The molecular formula is C27H24N4O5S. The normalized spacial score (nSPS) is 14.4. The lowest BCUT2D eigenvalue weighted by Crippen LogP contribution is -2.54. The van der Waals surface area contributed by atoms with Crippen molar-refractivity contribution in [3.8, 4) is 17.2 Å². The summed E-state index contributed by atoms with van der Waals surface area (Å²) in [7, 11) is 0. The minimum absolute atomic E-state index is 0.0493. The molecule has 0 unspecified atom stereocenters. The fourth-order valence-electron chi connectivity index (χ4n) is 3.57. The SMILES string of the molecule is CCN(CC)C(=O)Oc1cnccc1C=C1C(=O)NC(=S)N(c2ccc(Oc3ccccc3)cc2)C1=O. The highest BCUT2D eigenvalue weighted by Gasteiger charge is 2.34. The average molecular weight is 517 g/mol. The van der Waals surface area contributed by atoms with Crippen LogP contribution < -0.4 is 19.7 Å². The second-order valence-corrected chi connectivity index (χ2v) is 8.21. The molecule has 0 radical (unpaired) electrons. The quantitative estimate of drug-likeness (QED) is 0.279. The van der Waals surface area contributed by atoms with E-state index in [1.165, 1.54) is 28.3 Å². The zero-order valence-corrected chi connectivity index (χ0v) is 21.0. The standard InChI is InChI=1S/C27H24N4O5S/c1-3-30(4-2)27(34)36-23-17-28-15-14-18(23)16-22-24(32)29-26(37)31(25(22)33)19-10-12-21(13-11-19)35-20-8-6-5-7-9-20/h5-17H,3-4H2,1-2H3,(H,29,32,37). The van der Waals surface area contributed by atoms with Crippen molar-refractivity contribution < 1.29 is 23.9 Å². The summed E-state index contributed by atoms with van der Waals surface area (Å²) in [5.41, 5.74) is 0.613. The Labute approximate surface area is 219 Å². The predicted octanol–water partition coefficient (Wildman–Crippen LogP) is 4.55. The third-order valence-corrected chi connectivity index (χ3v) is 5.80. The van der Waals surface area contributed by atoms with E-state index < -0.39 is 17.9 Å². The molecule has 1 aromatic heterocycles. The lowest BCUT2D eigenvalue weighted by Gasteiger charge is -2.29. The fourth-order valence-corrected chi connectivity index (χ4v) is 3.85. The topological polar surface area (TPSA) is 101 Å². The summed E-state index contributed by atoms with van der Waals surface area (Å²) in [5, 5.41) is 2.50. The molecule has 1 fully saturated rings. The number of carbonyl (C=O) groups is 3. The second kappa shape index (κ2) is 11.4. The van der Waals surface area contributed by atoms with Crippen LogP contribution in [0.5, 0.6) is 17.2 Å². The van der Waals surface area contributed by atoms with Crippen molar-refractivity contribution in [3.05, 3.63) is 84.2 Å². The van der Waals surface area contributed by atoms with E-state index in [1.807, 2.05) is 44.2 Å². The monoisotopic (exact) mass is 516 g/mol. The van der Waals surface area contributed by atoms with Crippen LogP contribution in [-0.4, -0.2) is 46.0 Å². The zero-order chi connectivity index (χ0) is 26.4. The van der Waals surface area contributed by atoms with Gasteiger partial charge in [-0.15, -0.1) is 0 Å². The van der Waals surface area contributed by atoms with Gasteiger partial charge in [0.2, 0.25) is 0 Å². The number of carbonyl (C=O) groups excluding carboxylic acids is 3. The van der Waals surface area contributed by atoms with E-state index in [9.17, 15) is 14.4 Å². The highest BCUT2D eigenvalue weighted by Crippen LogP contribution is 2.28. The van der Waals surface area contributed by atoms with Crippen LogP contribution in [0.15, 0.2) is 78.6 Å². The van der Waals surface area contributed by atoms with Crippen LogP contribution in [-0.2, 0) is 9.59 Å². The Hall–Kier alpha value is -4.57. The van der Waals surface area contributed by atoms with Gasteiger partial charge in [-0.2, -0.15) is 0 Å². The molecule has 0 bridgehead atoms. The molecule has 3 aromatic rings. The molecular weight excluding hydrogens is 492 g/mol. The Morgan fingerprint density at radius 1 is 1.03 bits per heavy atom. The molecule has 2 aromatic carbocycles. The van der Waals surface area contributed by atoms with Gasteiger partial charge in [-0.25, -0.2) is 4.79 Å². The number of thiocarbonyl (C=S) groups is 1. The van der Waals surface area contributed by atoms with Gasteiger partial charge < -0.3 is 14.4 Å². The van der Waals surface area contributed by atoms with Gasteiger partial charge in [0.15, 0.2) is 10.9 Å². The van der Waals surface area contributed by atoms with Gasteiger partial charge in [0, 0.05) is 24.8 Å². The molecule has 1 saturated heterocycles. The molecule has 3 amide bonds. The molecule has 1 N–H and O–H groups in total. The molecule has 37 heavy (non-hydrogen) atoms. The van der Waals surface area contributed by atoms with Gasteiger partial charge >= 0.3 is 6.09 Å². The van der Waals surface area contributed by atoms with Gasteiger partial charge in [0.25, 0.3) is 11.8 Å². The van der Waals surface area contributed by atoms with Gasteiger partial charge in [0.1, 0.15) is 17.1 Å². The molecule has 188 valence electrons. The number of nitrogens with zero attached hydrogens (tertiary/aromatic N) is 3. The van der Waals surface area contributed by atoms with E-state index in [2.05, 4.69) is 10.3 Å². The summed E-state index contributed by atoms with van der Waals surface area (Å²) in [6.45, 7) is 4.60. The Kier molecular flexibility index (Phi) is 7.89. The first kappa shape index (κ1) is 25.5. The van der Waals surface area contributed by atoms with Crippen LogP contribution in [0.4, 0.5) is 10.5 Å². The Balaban J connectivity index is 1.59. The summed E-state index contributed by atoms with van der Waals surface area (Å²) in [5.74, 6) is 0.0831. The van der Waals surface area contributed by atoms with Crippen molar-refractivity contribution in [1.82, 2.24) is 15.2 Å². The number of hydrogen-bond donors (Lipinski definition) is 1. The van der Waals surface area contributed by atoms with Crippen LogP contribution in [0.2, 0.25) is 0 Å². The maximum Gasteiger partial charge on any atom is 0.415 e. The lowest BCUT2D eigenvalue weighted by atomic mass is 10.1. The van der Waals surface area contributed by atoms with Gasteiger partial charge in [-0.3, -0.25) is 24.8 Å². The van der Waals surface area contributed by atoms with Crippen LogP contribution in [0, 0.1) is 0 Å². The third kappa shape index (κ3) is 5.81. The number of hydrogen-bond acceptors (Lipinski definition) is 7. The first-order chi connectivity index (χ1) is 17.9. The second-order valence-electron chi connectivity index (χ2n) is 7.82. The summed E-state index contributed by atoms with van der Waals surface area (Å²) in [6.07, 6.45) is 3.62. The molecule has 0 saturated carbocycles. The van der Waals surface area contributed by atoms with Crippen molar-refractivity contribution >= 4 is 47.0 Å². The van der Waals surface area contributed by atoms with Gasteiger partial charge in [-0.1, -0.05) is 18.2 Å². The van der Waals surface area contributed by atoms with Crippen molar-refractivity contribution in [2.24, 2.45) is 0 Å². The molecule has 0 spiro atoms. The minimum atomic E-state index is -0.659. The predicted molar refractivity (Wildman–Crippen MR) is 142 cm³/mol. The summed E-state index contributed by atoms with van der Waals surface area (Å²) in [6, 6.07) is 17.6. The largest absolute Gasteiger partial charge is 0.457 e. The van der Waals surface area contributed by atoms with Crippen LogP contribution in [0.25, 0.3) is 6.08 Å². The lowest BCUT2D eigenvalue weighted by molar-refractivity contribution is -0.122. The molecule has 4 rings (SSSR count). The number of nitrogens with one attached hydrogen (secondary N) is 1. The van der Waals surface area contributed by atoms with Crippen LogP contribution >= 0.6 is 12.2 Å². The Morgan fingerprint density at radius 2 is 1.70 bits per heavy atom. The smallest absolute Gasteiger partial charge is 0.415 e. The number of ether oxygens (including phenoxy) is 2. The molecule has 0 atom stereocenters. The maximum atomic E-state index is 13.4. The highest BCUT2D eigenvalue weighted by atomic mass is 32.1. The first-order valence-electron chi connectivity index (χ1n) is 11.6.